The van der Waals surface area contributed by atoms with Gasteiger partial charge in [-0.3, -0.25) is 4.79 Å². The molecule has 0 bridgehead atoms. The summed E-state index contributed by atoms with van der Waals surface area (Å²) in [4.78, 5) is 24.6. The molecule has 0 saturated heterocycles. The summed E-state index contributed by atoms with van der Waals surface area (Å²) in [7, 11) is 0. The van der Waals surface area contributed by atoms with Gasteiger partial charge in [0.15, 0.2) is 0 Å². The molecular weight excluding hydrogens is 478 g/mol. The Hall–Kier alpha value is -2.06. The molecule has 0 saturated carbocycles. The third kappa shape index (κ3) is 4.62. The molecule has 0 fully saturated rings. The zero-order chi connectivity index (χ0) is 19.6. The second-order valence-corrected chi connectivity index (χ2v) is 7.39. The highest BCUT2D eigenvalue weighted by Crippen LogP contribution is 2.23. The number of halogens is 4. The van der Waals surface area contributed by atoms with Gasteiger partial charge in [-0.25, -0.2) is 9.48 Å². The van der Waals surface area contributed by atoms with Crippen LogP contribution in [0.3, 0.4) is 0 Å². The van der Waals surface area contributed by atoms with E-state index in [2.05, 4.69) is 26.3 Å². The van der Waals surface area contributed by atoms with E-state index in [1.807, 2.05) is 0 Å². The van der Waals surface area contributed by atoms with Crippen LogP contribution >= 0.6 is 50.9 Å². The average Bonchev–Trinajstić information content (AvgIpc) is 3.09. The smallest absolute Gasteiger partial charge is 0.306 e. The third-order valence-corrected chi connectivity index (χ3v) is 4.73. The number of imide groups is 1. The quantitative estimate of drug-likeness (QED) is 0.476. The predicted molar refractivity (Wildman–Crippen MR) is 109 cm³/mol. The van der Waals surface area contributed by atoms with Crippen LogP contribution in [-0.4, -0.2) is 26.1 Å². The molecule has 3 rings (SSSR count). The van der Waals surface area contributed by atoms with E-state index in [0.29, 0.717) is 15.1 Å². The van der Waals surface area contributed by atoms with Gasteiger partial charge in [0.2, 0.25) is 0 Å². The molecule has 6 nitrogen and oxygen atoms in total. The fraction of sp³-hybridized carbons (Fsp3) is 0. The van der Waals surface area contributed by atoms with Gasteiger partial charge < -0.3 is 5.32 Å². The normalized spacial score (nSPS) is 10.5. The lowest BCUT2D eigenvalue weighted by Crippen LogP contribution is -2.32. The van der Waals surface area contributed by atoms with E-state index in [9.17, 15) is 9.59 Å². The number of rotatable bonds is 3. The highest BCUT2D eigenvalue weighted by molar-refractivity contribution is 9.10. The first-order valence-electron chi connectivity index (χ1n) is 7.42. The van der Waals surface area contributed by atoms with Crippen molar-refractivity contribution in [2.24, 2.45) is 0 Å². The molecule has 0 unspecified atom stereocenters. The van der Waals surface area contributed by atoms with E-state index < -0.39 is 11.9 Å². The number of hydrogen-bond donors (Lipinski definition) is 1. The van der Waals surface area contributed by atoms with Crippen molar-refractivity contribution in [3.8, 4) is 5.69 Å². The number of amides is 3. The average molecular weight is 489 g/mol. The van der Waals surface area contributed by atoms with Crippen molar-refractivity contribution in [2.45, 2.75) is 0 Å². The van der Waals surface area contributed by atoms with E-state index in [1.54, 1.807) is 41.3 Å². The summed E-state index contributed by atoms with van der Waals surface area (Å²) in [5.74, 6) is -0.792. The molecule has 1 heterocycles. The minimum absolute atomic E-state index is 0.0222. The van der Waals surface area contributed by atoms with Crippen LogP contribution in [0, 0.1) is 0 Å². The van der Waals surface area contributed by atoms with Crippen LogP contribution in [0.5, 0.6) is 0 Å². The molecule has 0 spiro atoms. The first kappa shape index (κ1) is 19.7. The number of hydrogen-bond acceptors (Lipinski definition) is 3. The molecule has 0 radical (unpaired) electrons. The summed E-state index contributed by atoms with van der Waals surface area (Å²) >= 11 is 21.0. The fourth-order valence-corrected chi connectivity index (χ4v) is 2.96. The molecule has 138 valence electrons. The Kier molecular flexibility index (Phi) is 6.06. The zero-order valence-corrected chi connectivity index (χ0v) is 17.2. The van der Waals surface area contributed by atoms with Crippen LogP contribution < -0.4 is 5.32 Å². The van der Waals surface area contributed by atoms with Gasteiger partial charge in [0.25, 0.3) is 5.91 Å². The minimum atomic E-state index is -0.827. The monoisotopic (exact) mass is 486 g/mol. The van der Waals surface area contributed by atoms with Gasteiger partial charge in [-0.05, 0) is 58.4 Å². The first-order valence-corrected chi connectivity index (χ1v) is 9.31. The van der Waals surface area contributed by atoms with E-state index in [-0.39, 0.29) is 10.6 Å². The van der Waals surface area contributed by atoms with Crippen molar-refractivity contribution in [3.05, 3.63) is 74.9 Å². The maximum atomic E-state index is 12.4. The van der Waals surface area contributed by atoms with E-state index in [1.165, 1.54) is 18.2 Å². The Balaban J connectivity index is 1.71. The third-order valence-electron chi connectivity index (χ3n) is 3.45. The Labute approximate surface area is 177 Å². The van der Waals surface area contributed by atoms with Gasteiger partial charge >= 0.3 is 6.03 Å². The lowest BCUT2D eigenvalue weighted by atomic mass is 10.2. The first-order chi connectivity index (χ1) is 12.8. The molecule has 1 aromatic heterocycles. The maximum Gasteiger partial charge on any atom is 0.343 e. The lowest BCUT2D eigenvalue weighted by molar-refractivity contribution is 0.0893. The SMILES string of the molecule is O=C(Nc1ccc(-n2cc(Br)cn2)cc1)N(Cl)C(=O)c1cc(Cl)ccc1Cl. The Morgan fingerprint density at radius 3 is 2.44 bits per heavy atom. The molecule has 3 amide bonds. The highest BCUT2D eigenvalue weighted by Gasteiger charge is 2.23. The van der Waals surface area contributed by atoms with Crippen LogP contribution in [0.15, 0.2) is 59.3 Å². The molecule has 27 heavy (non-hydrogen) atoms. The lowest BCUT2D eigenvalue weighted by Gasteiger charge is -2.14. The van der Waals surface area contributed by atoms with Crippen LogP contribution in [0.4, 0.5) is 10.5 Å². The number of urea groups is 1. The number of aromatic nitrogens is 2. The highest BCUT2D eigenvalue weighted by atomic mass is 79.9. The van der Waals surface area contributed by atoms with Crippen molar-refractivity contribution >= 4 is 68.5 Å². The second kappa shape index (κ2) is 8.31. The van der Waals surface area contributed by atoms with E-state index >= 15 is 0 Å². The van der Waals surface area contributed by atoms with E-state index in [0.717, 1.165) is 10.2 Å². The van der Waals surface area contributed by atoms with Crippen molar-refractivity contribution < 1.29 is 9.59 Å². The molecule has 0 aliphatic rings. The van der Waals surface area contributed by atoms with Crippen LogP contribution in [0.2, 0.25) is 10.0 Å². The summed E-state index contributed by atoms with van der Waals surface area (Å²) in [6.07, 6.45) is 3.45. The van der Waals surface area contributed by atoms with Gasteiger partial charge in [0, 0.05) is 28.7 Å². The Bertz CT molecular complexity index is 1010. The summed E-state index contributed by atoms with van der Waals surface area (Å²) < 4.78 is 2.92. The summed E-state index contributed by atoms with van der Waals surface area (Å²) in [5, 5.41) is 7.13. The molecule has 1 N–H and O–H groups in total. The summed E-state index contributed by atoms with van der Waals surface area (Å²) in [6.45, 7) is 0. The molecule has 0 atom stereocenters. The number of carbonyl (C=O) groups excluding carboxylic acids is 2. The zero-order valence-electron chi connectivity index (χ0n) is 13.4. The van der Waals surface area contributed by atoms with Crippen molar-refractivity contribution in [1.82, 2.24) is 14.2 Å². The molecule has 0 aliphatic carbocycles. The van der Waals surface area contributed by atoms with Crippen molar-refractivity contribution in [1.29, 1.82) is 0 Å². The summed E-state index contributed by atoms with van der Waals surface area (Å²) in [5.41, 5.74) is 1.27. The van der Waals surface area contributed by atoms with Crippen LogP contribution in [0.1, 0.15) is 10.4 Å². The number of benzene rings is 2. The van der Waals surface area contributed by atoms with Crippen molar-refractivity contribution in [3.63, 3.8) is 0 Å². The van der Waals surface area contributed by atoms with Gasteiger partial charge in [0.1, 0.15) is 0 Å². The molecule has 3 aromatic rings. The fourth-order valence-electron chi connectivity index (χ4n) is 2.17. The van der Waals surface area contributed by atoms with Gasteiger partial charge in [0.05, 0.1) is 26.9 Å². The number of nitrogens with one attached hydrogen (secondary N) is 1. The predicted octanol–water partition coefficient (Wildman–Crippen LogP) is 5.77. The van der Waals surface area contributed by atoms with Gasteiger partial charge in [-0.15, -0.1) is 0 Å². The molecule has 2 aromatic carbocycles. The van der Waals surface area contributed by atoms with Gasteiger partial charge in [-0.2, -0.15) is 9.52 Å². The minimum Gasteiger partial charge on any atom is -0.306 e. The van der Waals surface area contributed by atoms with Crippen LogP contribution in [0.25, 0.3) is 5.69 Å². The molecule has 10 heteroatoms. The van der Waals surface area contributed by atoms with Crippen molar-refractivity contribution in [2.75, 3.05) is 5.32 Å². The largest absolute Gasteiger partial charge is 0.343 e. The number of anilines is 1. The molecule has 0 aliphatic heterocycles. The Morgan fingerprint density at radius 1 is 1.11 bits per heavy atom. The standard InChI is InChI=1S/C17H10BrCl3N4O2/c18-10-8-22-24(9-10)13-4-2-12(3-5-13)23-17(27)25(21)16(26)14-7-11(19)1-6-15(14)20/h1-9H,(H,23,27). The summed E-state index contributed by atoms with van der Waals surface area (Å²) in [6, 6.07) is 10.3. The second-order valence-electron chi connectivity index (χ2n) is 5.29. The topological polar surface area (TPSA) is 67.2 Å². The number of carbonyl (C=O) groups is 2. The van der Waals surface area contributed by atoms with Crippen LogP contribution in [-0.2, 0) is 0 Å². The van der Waals surface area contributed by atoms with Gasteiger partial charge in [-0.1, -0.05) is 23.2 Å². The molecular formula is C17H10BrCl3N4O2. The maximum absolute atomic E-state index is 12.4. The number of nitrogens with zero attached hydrogens (tertiary/aromatic N) is 3. The Morgan fingerprint density at radius 2 is 1.81 bits per heavy atom. The van der Waals surface area contributed by atoms with E-state index in [4.69, 9.17) is 35.0 Å².